The summed E-state index contributed by atoms with van der Waals surface area (Å²) in [7, 11) is -1.84. The first-order chi connectivity index (χ1) is 13.2. The minimum absolute atomic E-state index is 0.0621. The van der Waals surface area contributed by atoms with Crippen LogP contribution >= 0.6 is 0 Å². The quantitative estimate of drug-likeness (QED) is 0.684. The molecule has 0 unspecified atom stereocenters. The van der Waals surface area contributed by atoms with E-state index in [-0.39, 0.29) is 23.2 Å². The summed E-state index contributed by atoms with van der Waals surface area (Å²) in [6.45, 7) is -2.65. The average molecular weight is 413 g/mol. The summed E-state index contributed by atoms with van der Waals surface area (Å²) >= 11 is 0. The van der Waals surface area contributed by atoms with Gasteiger partial charge in [-0.2, -0.15) is 8.78 Å². The van der Waals surface area contributed by atoms with Crippen molar-refractivity contribution in [1.82, 2.24) is 5.32 Å². The van der Waals surface area contributed by atoms with Crippen LogP contribution in [0.5, 0.6) is 11.5 Å². The number of benzene rings is 2. The molecule has 0 heterocycles. The number of sulfone groups is 1. The van der Waals surface area contributed by atoms with Gasteiger partial charge in [-0.25, -0.2) is 8.42 Å². The number of carbonyl (C=O) groups excluding carboxylic acids is 1. The number of carbonyl (C=O) groups is 1. The number of rotatable bonds is 9. The Balaban J connectivity index is 1.96. The van der Waals surface area contributed by atoms with Crippen LogP contribution in [0.25, 0.3) is 0 Å². The number of nitrogens with one attached hydrogen (secondary N) is 1. The number of hydrogen-bond donors (Lipinski definition) is 1. The molecule has 0 aliphatic carbocycles. The second-order valence-electron chi connectivity index (χ2n) is 6.14. The summed E-state index contributed by atoms with van der Waals surface area (Å²) in [5.41, 5.74) is 1.67. The molecule has 28 heavy (non-hydrogen) atoms. The predicted octanol–water partition coefficient (Wildman–Crippen LogP) is 2.81. The Morgan fingerprint density at radius 2 is 1.86 bits per heavy atom. The molecule has 2 aromatic carbocycles. The van der Waals surface area contributed by atoms with Crippen molar-refractivity contribution in [1.29, 1.82) is 0 Å². The van der Waals surface area contributed by atoms with E-state index in [0.717, 1.165) is 11.8 Å². The standard InChI is InChI=1S/C19H21F2NO5S/c1-26-17-11-13(6-7-16(17)27-19(20)21)8-9-22-18(23)15-5-3-4-14(10-15)12-28(2,24)25/h3-7,10-11,19H,8-9,12H2,1-2H3,(H,22,23). The first-order valence-electron chi connectivity index (χ1n) is 8.34. The highest BCUT2D eigenvalue weighted by Gasteiger charge is 2.12. The van der Waals surface area contributed by atoms with Gasteiger partial charge in [0.2, 0.25) is 0 Å². The third kappa shape index (κ3) is 6.80. The Morgan fingerprint density at radius 1 is 1.11 bits per heavy atom. The van der Waals surface area contributed by atoms with Crippen LogP contribution in [0.4, 0.5) is 8.78 Å². The van der Waals surface area contributed by atoms with Crippen molar-refractivity contribution in [3.8, 4) is 11.5 Å². The van der Waals surface area contributed by atoms with Gasteiger partial charge in [0.05, 0.1) is 12.9 Å². The molecular formula is C19H21F2NO5S. The lowest BCUT2D eigenvalue weighted by molar-refractivity contribution is -0.0512. The summed E-state index contributed by atoms with van der Waals surface area (Å²) in [4.78, 5) is 12.3. The summed E-state index contributed by atoms with van der Waals surface area (Å²) < 4.78 is 56.9. The highest BCUT2D eigenvalue weighted by atomic mass is 32.2. The molecule has 9 heteroatoms. The number of halogens is 2. The Kier molecular flexibility index (Phi) is 7.33. The van der Waals surface area contributed by atoms with Gasteiger partial charge in [0, 0.05) is 18.4 Å². The monoisotopic (exact) mass is 413 g/mol. The molecule has 1 amide bonds. The van der Waals surface area contributed by atoms with Crippen LogP contribution in [0, 0.1) is 0 Å². The number of amides is 1. The second-order valence-corrected chi connectivity index (χ2v) is 8.28. The summed E-state index contributed by atoms with van der Waals surface area (Å²) in [6, 6.07) is 11.0. The van der Waals surface area contributed by atoms with E-state index >= 15 is 0 Å². The zero-order valence-electron chi connectivity index (χ0n) is 15.4. The molecule has 0 saturated carbocycles. The van der Waals surface area contributed by atoms with Crippen LogP contribution in [0.2, 0.25) is 0 Å². The van der Waals surface area contributed by atoms with Gasteiger partial charge < -0.3 is 14.8 Å². The molecule has 0 saturated heterocycles. The van der Waals surface area contributed by atoms with Gasteiger partial charge >= 0.3 is 6.61 Å². The molecule has 152 valence electrons. The lowest BCUT2D eigenvalue weighted by Gasteiger charge is -2.12. The molecule has 1 N–H and O–H groups in total. The fourth-order valence-electron chi connectivity index (χ4n) is 2.59. The van der Waals surface area contributed by atoms with Crippen molar-refractivity contribution in [2.45, 2.75) is 18.8 Å². The summed E-state index contributed by atoms with van der Waals surface area (Å²) in [5, 5.41) is 2.74. The third-order valence-corrected chi connectivity index (χ3v) is 4.62. The smallest absolute Gasteiger partial charge is 0.387 e. The molecule has 0 spiro atoms. The predicted molar refractivity (Wildman–Crippen MR) is 101 cm³/mol. The molecule has 0 fully saturated rings. The maximum Gasteiger partial charge on any atom is 0.387 e. The lowest BCUT2D eigenvalue weighted by atomic mass is 10.1. The molecule has 0 bridgehead atoms. The average Bonchev–Trinajstić information content (AvgIpc) is 2.61. The first-order valence-corrected chi connectivity index (χ1v) is 10.4. The van der Waals surface area contributed by atoms with E-state index in [9.17, 15) is 22.0 Å². The highest BCUT2D eigenvalue weighted by molar-refractivity contribution is 7.89. The van der Waals surface area contributed by atoms with E-state index in [4.69, 9.17) is 4.74 Å². The van der Waals surface area contributed by atoms with Crippen LogP contribution in [-0.2, 0) is 22.0 Å². The van der Waals surface area contributed by atoms with Crippen molar-refractivity contribution in [3.05, 3.63) is 59.2 Å². The maximum atomic E-state index is 12.4. The van der Waals surface area contributed by atoms with Gasteiger partial charge in [-0.1, -0.05) is 18.2 Å². The van der Waals surface area contributed by atoms with Gasteiger partial charge in [0.25, 0.3) is 5.91 Å². The zero-order chi connectivity index (χ0) is 20.7. The maximum absolute atomic E-state index is 12.4. The molecule has 6 nitrogen and oxygen atoms in total. The van der Waals surface area contributed by atoms with Crippen LogP contribution in [-0.4, -0.2) is 40.8 Å². The van der Waals surface area contributed by atoms with Crippen LogP contribution in [0.1, 0.15) is 21.5 Å². The fourth-order valence-corrected chi connectivity index (χ4v) is 3.37. The topological polar surface area (TPSA) is 81.7 Å². The SMILES string of the molecule is COc1cc(CCNC(=O)c2cccc(CS(C)(=O)=O)c2)ccc1OC(F)F. The van der Waals surface area contributed by atoms with E-state index in [0.29, 0.717) is 24.1 Å². The Bertz CT molecular complexity index is 932. The zero-order valence-corrected chi connectivity index (χ0v) is 16.3. The highest BCUT2D eigenvalue weighted by Crippen LogP contribution is 2.29. The second kappa shape index (κ2) is 9.50. The largest absolute Gasteiger partial charge is 0.493 e. The molecule has 2 aromatic rings. The first kappa shape index (κ1) is 21.6. The summed E-state index contributed by atoms with van der Waals surface area (Å²) in [6.07, 6.45) is 1.58. The number of ether oxygens (including phenoxy) is 2. The van der Waals surface area contributed by atoms with E-state index in [2.05, 4.69) is 10.1 Å². The van der Waals surface area contributed by atoms with Crippen molar-refractivity contribution in [2.24, 2.45) is 0 Å². The van der Waals surface area contributed by atoms with Crippen LogP contribution in [0.3, 0.4) is 0 Å². The van der Waals surface area contributed by atoms with E-state index in [1.165, 1.54) is 19.2 Å². The number of hydrogen-bond acceptors (Lipinski definition) is 5. The Morgan fingerprint density at radius 3 is 2.50 bits per heavy atom. The number of methoxy groups -OCH3 is 1. The molecular weight excluding hydrogens is 392 g/mol. The molecule has 0 aliphatic heterocycles. The van der Waals surface area contributed by atoms with Crippen LogP contribution < -0.4 is 14.8 Å². The van der Waals surface area contributed by atoms with Gasteiger partial charge in [0.1, 0.15) is 0 Å². The van der Waals surface area contributed by atoms with Crippen molar-refractivity contribution >= 4 is 15.7 Å². The van der Waals surface area contributed by atoms with Crippen molar-refractivity contribution < 1.29 is 31.5 Å². The minimum Gasteiger partial charge on any atom is -0.493 e. The van der Waals surface area contributed by atoms with Crippen molar-refractivity contribution in [2.75, 3.05) is 19.9 Å². The molecule has 2 rings (SSSR count). The third-order valence-electron chi connectivity index (χ3n) is 3.76. The lowest BCUT2D eigenvalue weighted by Crippen LogP contribution is -2.25. The molecule has 0 radical (unpaired) electrons. The van der Waals surface area contributed by atoms with E-state index in [1.54, 1.807) is 30.3 Å². The van der Waals surface area contributed by atoms with Gasteiger partial charge in [-0.3, -0.25) is 4.79 Å². The molecule has 0 atom stereocenters. The Hall–Kier alpha value is -2.68. The molecule has 0 aromatic heterocycles. The minimum atomic E-state index is -3.19. The summed E-state index contributed by atoms with van der Waals surface area (Å²) in [5.74, 6) is -0.355. The van der Waals surface area contributed by atoms with Crippen molar-refractivity contribution in [3.63, 3.8) is 0 Å². The van der Waals surface area contributed by atoms with E-state index in [1.807, 2.05) is 0 Å². The fraction of sp³-hybridized carbons (Fsp3) is 0.316. The van der Waals surface area contributed by atoms with Gasteiger partial charge in [-0.05, 0) is 41.8 Å². The molecule has 0 aliphatic rings. The van der Waals surface area contributed by atoms with E-state index < -0.39 is 16.4 Å². The van der Waals surface area contributed by atoms with Gasteiger partial charge in [-0.15, -0.1) is 0 Å². The normalized spacial score (nSPS) is 11.3. The van der Waals surface area contributed by atoms with Gasteiger partial charge in [0.15, 0.2) is 21.3 Å². The van der Waals surface area contributed by atoms with Crippen LogP contribution in [0.15, 0.2) is 42.5 Å². The Labute approximate surface area is 162 Å². The number of alkyl halides is 2.